The zero-order valence-electron chi connectivity index (χ0n) is 12.4. The maximum Gasteiger partial charge on any atom is 0.321 e. The molecule has 8 heteroatoms. The van der Waals surface area contributed by atoms with Crippen molar-refractivity contribution < 1.29 is 19.8 Å². The topological polar surface area (TPSA) is 81.1 Å². The lowest BCUT2D eigenvalue weighted by Crippen LogP contribution is -2.54. The molecule has 0 aromatic heterocycles. The van der Waals surface area contributed by atoms with E-state index in [0.717, 1.165) is 17.2 Å². The van der Waals surface area contributed by atoms with E-state index in [4.69, 9.17) is 17.3 Å². The summed E-state index contributed by atoms with van der Waals surface area (Å²) in [5, 5.41) is 18.2. The number of rotatable bonds is 6. The summed E-state index contributed by atoms with van der Waals surface area (Å²) in [6, 6.07) is -0.372. The molecule has 0 amide bonds. The molecule has 0 aromatic rings. The first-order chi connectivity index (χ1) is 10.5. The third-order valence-electron chi connectivity index (χ3n) is 4.30. The van der Waals surface area contributed by atoms with E-state index < -0.39 is 18.0 Å². The van der Waals surface area contributed by atoms with Gasteiger partial charge in [-0.3, -0.25) is 14.5 Å². The highest BCUT2D eigenvalue weighted by Crippen LogP contribution is 2.30. The molecule has 124 valence electrons. The van der Waals surface area contributed by atoms with Crippen LogP contribution >= 0.6 is 24.0 Å². The highest BCUT2D eigenvalue weighted by molar-refractivity contribution is 8.22. The summed E-state index contributed by atoms with van der Waals surface area (Å²) in [5.41, 5.74) is 0. The zero-order valence-corrected chi connectivity index (χ0v) is 14.1. The van der Waals surface area contributed by atoms with Crippen LogP contribution in [0.4, 0.5) is 0 Å². The van der Waals surface area contributed by atoms with Gasteiger partial charge >= 0.3 is 11.9 Å². The summed E-state index contributed by atoms with van der Waals surface area (Å²) in [6.45, 7) is 0.493. The van der Waals surface area contributed by atoms with Crippen LogP contribution in [0.15, 0.2) is 0 Å². The lowest BCUT2D eigenvalue weighted by atomic mass is 9.95. The molecule has 1 aliphatic heterocycles. The van der Waals surface area contributed by atoms with Crippen LogP contribution in [-0.2, 0) is 9.59 Å². The van der Waals surface area contributed by atoms with Gasteiger partial charge in [-0.2, -0.15) is 0 Å². The molecule has 1 atom stereocenters. The normalized spacial score (nSPS) is 22.5. The van der Waals surface area contributed by atoms with Crippen molar-refractivity contribution in [1.82, 2.24) is 9.80 Å². The van der Waals surface area contributed by atoms with Gasteiger partial charge in [-0.1, -0.05) is 43.2 Å². The van der Waals surface area contributed by atoms with Gasteiger partial charge in [0.2, 0.25) is 0 Å². The Morgan fingerprint density at radius 3 is 2.55 bits per heavy atom. The largest absolute Gasteiger partial charge is 0.481 e. The standard InChI is InChI=1S/C14H22N2O4S2/c17-12(18)7-6-11(13(19)20)15-8-16(14(21)22-9-15)10-4-2-1-3-5-10/h10-11H,1-9H2,(H,17,18)(H,19,20)/t11-/m1/s1. The molecule has 0 unspecified atom stereocenters. The summed E-state index contributed by atoms with van der Waals surface area (Å²) in [5.74, 6) is -1.41. The summed E-state index contributed by atoms with van der Waals surface area (Å²) in [7, 11) is 0. The van der Waals surface area contributed by atoms with Crippen LogP contribution in [0.2, 0.25) is 0 Å². The molecule has 1 heterocycles. The van der Waals surface area contributed by atoms with E-state index in [1.807, 2.05) is 4.90 Å². The Labute approximate surface area is 139 Å². The van der Waals surface area contributed by atoms with Crippen molar-refractivity contribution in [3.05, 3.63) is 0 Å². The number of aliphatic carboxylic acids is 2. The smallest absolute Gasteiger partial charge is 0.321 e. The lowest BCUT2D eigenvalue weighted by molar-refractivity contribution is -0.144. The number of thioether (sulfide) groups is 1. The van der Waals surface area contributed by atoms with Gasteiger partial charge in [0.05, 0.1) is 12.5 Å². The van der Waals surface area contributed by atoms with E-state index in [-0.39, 0.29) is 12.8 Å². The van der Waals surface area contributed by atoms with Gasteiger partial charge in [0, 0.05) is 12.5 Å². The first-order valence-electron chi connectivity index (χ1n) is 7.61. The summed E-state index contributed by atoms with van der Waals surface area (Å²) in [6.07, 6.45) is 5.82. The molecule has 0 spiro atoms. The third-order valence-corrected chi connectivity index (χ3v) is 5.83. The second-order valence-electron chi connectivity index (χ2n) is 5.82. The molecule has 2 rings (SSSR count). The van der Waals surface area contributed by atoms with Crippen LogP contribution in [0.3, 0.4) is 0 Å². The molecule has 1 saturated carbocycles. The maximum atomic E-state index is 11.5. The fourth-order valence-corrected chi connectivity index (χ4v) is 4.36. The Hall–Kier alpha value is -0.860. The van der Waals surface area contributed by atoms with Crippen LogP contribution in [0.5, 0.6) is 0 Å². The minimum atomic E-state index is -0.962. The SMILES string of the molecule is O=C(O)CC[C@H](C(=O)O)N1CSC(=S)N(C2CCCCC2)C1. The third kappa shape index (κ3) is 4.57. The van der Waals surface area contributed by atoms with Crippen molar-refractivity contribution in [2.45, 2.75) is 57.0 Å². The molecular weight excluding hydrogens is 324 g/mol. The number of nitrogens with zero attached hydrogens (tertiary/aromatic N) is 2. The second-order valence-corrected chi connectivity index (χ2v) is 7.40. The van der Waals surface area contributed by atoms with Gasteiger partial charge in [0.1, 0.15) is 10.4 Å². The molecule has 1 aliphatic carbocycles. The van der Waals surface area contributed by atoms with E-state index in [1.165, 1.54) is 31.0 Å². The Balaban J connectivity index is 2.01. The Morgan fingerprint density at radius 2 is 1.95 bits per heavy atom. The molecule has 0 aromatic carbocycles. The van der Waals surface area contributed by atoms with Gasteiger partial charge in [0.25, 0.3) is 0 Å². The van der Waals surface area contributed by atoms with Crippen LogP contribution in [0.25, 0.3) is 0 Å². The Kier molecular flexibility index (Phi) is 6.46. The lowest BCUT2D eigenvalue weighted by Gasteiger charge is -2.44. The summed E-state index contributed by atoms with van der Waals surface area (Å²) in [4.78, 5) is 26.2. The van der Waals surface area contributed by atoms with Crippen molar-refractivity contribution in [1.29, 1.82) is 0 Å². The van der Waals surface area contributed by atoms with Crippen LogP contribution in [-0.4, -0.2) is 60.9 Å². The molecule has 22 heavy (non-hydrogen) atoms. The average Bonchev–Trinajstić information content (AvgIpc) is 2.49. The molecule has 1 saturated heterocycles. The van der Waals surface area contributed by atoms with E-state index in [2.05, 4.69) is 4.90 Å². The van der Waals surface area contributed by atoms with Crippen molar-refractivity contribution in [2.75, 3.05) is 12.5 Å². The highest BCUT2D eigenvalue weighted by Gasteiger charge is 2.34. The van der Waals surface area contributed by atoms with Gasteiger partial charge in [-0.15, -0.1) is 0 Å². The average molecular weight is 346 g/mol. The molecular formula is C14H22N2O4S2. The first kappa shape index (κ1) is 17.5. The van der Waals surface area contributed by atoms with Crippen LogP contribution < -0.4 is 0 Å². The van der Waals surface area contributed by atoms with E-state index >= 15 is 0 Å². The molecule has 0 bridgehead atoms. The quantitative estimate of drug-likeness (QED) is 0.709. The predicted octanol–water partition coefficient (Wildman–Crippen LogP) is 2.19. The van der Waals surface area contributed by atoms with Crippen molar-refractivity contribution in [3.8, 4) is 0 Å². The number of hydrogen-bond donors (Lipinski definition) is 2. The van der Waals surface area contributed by atoms with E-state index in [9.17, 15) is 14.7 Å². The second kappa shape index (κ2) is 8.12. The van der Waals surface area contributed by atoms with Crippen LogP contribution in [0.1, 0.15) is 44.9 Å². The predicted molar refractivity (Wildman–Crippen MR) is 88.8 cm³/mol. The van der Waals surface area contributed by atoms with Crippen molar-refractivity contribution >= 4 is 40.2 Å². The van der Waals surface area contributed by atoms with Crippen molar-refractivity contribution in [2.24, 2.45) is 0 Å². The number of carboxylic acid groups (broad SMARTS) is 2. The maximum absolute atomic E-state index is 11.5. The summed E-state index contributed by atoms with van der Waals surface area (Å²) >= 11 is 6.92. The van der Waals surface area contributed by atoms with Gasteiger partial charge in [-0.25, -0.2) is 0 Å². The first-order valence-corrected chi connectivity index (χ1v) is 9.00. The monoisotopic (exact) mass is 346 g/mol. The minimum absolute atomic E-state index is 0.122. The molecule has 2 fully saturated rings. The number of carbonyl (C=O) groups is 2. The Bertz CT molecular complexity index is 441. The van der Waals surface area contributed by atoms with Gasteiger partial charge in [0.15, 0.2) is 0 Å². The molecule has 6 nitrogen and oxygen atoms in total. The molecule has 2 N–H and O–H groups in total. The highest BCUT2D eigenvalue weighted by atomic mass is 32.2. The van der Waals surface area contributed by atoms with E-state index in [0.29, 0.717) is 18.6 Å². The number of thiocarbonyl (C=S) groups is 1. The minimum Gasteiger partial charge on any atom is -0.481 e. The fourth-order valence-electron chi connectivity index (χ4n) is 3.08. The summed E-state index contributed by atoms with van der Waals surface area (Å²) < 4.78 is 0.838. The van der Waals surface area contributed by atoms with E-state index in [1.54, 1.807) is 0 Å². The number of hydrogen-bond acceptors (Lipinski definition) is 5. The molecule has 2 aliphatic rings. The fraction of sp³-hybridized carbons (Fsp3) is 0.786. The van der Waals surface area contributed by atoms with Crippen molar-refractivity contribution in [3.63, 3.8) is 0 Å². The zero-order chi connectivity index (χ0) is 16.1. The molecule has 0 radical (unpaired) electrons. The van der Waals surface area contributed by atoms with Gasteiger partial charge in [-0.05, 0) is 19.3 Å². The van der Waals surface area contributed by atoms with Gasteiger partial charge < -0.3 is 15.1 Å². The number of carboxylic acids is 2. The van der Waals surface area contributed by atoms with Crippen LogP contribution in [0, 0.1) is 0 Å². The Morgan fingerprint density at radius 1 is 1.27 bits per heavy atom.